The van der Waals surface area contributed by atoms with Crippen molar-refractivity contribution >= 4 is 40.7 Å². The molecular weight excluding hydrogens is 301 g/mol. The molecule has 1 aliphatic carbocycles. The van der Waals surface area contributed by atoms with Crippen LogP contribution in [0.25, 0.3) is 0 Å². The summed E-state index contributed by atoms with van der Waals surface area (Å²) in [6, 6.07) is 3.22. The third-order valence-corrected chi connectivity index (χ3v) is 3.55. The molecular formula is C13H15Cl2N3O2. The predicted molar refractivity (Wildman–Crippen MR) is 79.0 cm³/mol. The van der Waals surface area contributed by atoms with Gasteiger partial charge in [-0.3, -0.25) is 9.59 Å². The summed E-state index contributed by atoms with van der Waals surface area (Å²) in [6.45, 7) is 0.261. The number of benzene rings is 1. The van der Waals surface area contributed by atoms with E-state index in [0.717, 1.165) is 12.8 Å². The van der Waals surface area contributed by atoms with Gasteiger partial charge in [0.05, 0.1) is 15.7 Å². The number of carbonyl (C=O) groups is 2. The molecule has 5 nitrogen and oxygen atoms in total. The van der Waals surface area contributed by atoms with Gasteiger partial charge in [-0.1, -0.05) is 23.2 Å². The molecule has 0 saturated heterocycles. The fourth-order valence-corrected chi connectivity index (χ4v) is 2.12. The van der Waals surface area contributed by atoms with Crippen LogP contribution in [0.4, 0.5) is 5.69 Å². The molecule has 1 aromatic rings. The number of nitrogens with one attached hydrogen (secondary N) is 2. The normalized spacial score (nSPS) is 13.9. The largest absolute Gasteiger partial charge is 0.396 e. The Hall–Kier alpha value is -1.46. The second-order valence-electron chi connectivity index (χ2n) is 4.70. The number of nitrogen functional groups attached to an aromatic ring is 1. The highest BCUT2D eigenvalue weighted by Crippen LogP contribution is 2.28. The molecule has 7 heteroatoms. The molecule has 4 N–H and O–H groups in total. The molecule has 2 amide bonds. The number of carbonyl (C=O) groups excluding carboxylic acids is 2. The fourth-order valence-electron chi connectivity index (χ4n) is 1.63. The lowest BCUT2D eigenvalue weighted by Gasteiger charge is -2.08. The summed E-state index contributed by atoms with van der Waals surface area (Å²) in [7, 11) is 0. The van der Waals surface area contributed by atoms with Gasteiger partial charge in [0, 0.05) is 24.6 Å². The Kier molecular flexibility index (Phi) is 4.73. The fraction of sp³-hybridized carbons (Fsp3) is 0.385. The average Bonchev–Trinajstić information content (AvgIpc) is 3.19. The number of nitrogens with two attached hydrogens (primary N) is 1. The van der Waals surface area contributed by atoms with Crippen LogP contribution in [0.1, 0.15) is 29.6 Å². The van der Waals surface area contributed by atoms with Gasteiger partial charge < -0.3 is 16.4 Å². The van der Waals surface area contributed by atoms with Crippen molar-refractivity contribution in [3.63, 3.8) is 0 Å². The Morgan fingerprint density at radius 3 is 2.40 bits per heavy atom. The van der Waals surface area contributed by atoms with Gasteiger partial charge in [0.25, 0.3) is 5.91 Å². The van der Waals surface area contributed by atoms with E-state index < -0.39 is 0 Å². The molecule has 108 valence electrons. The number of rotatable bonds is 5. The molecule has 0 atom stereocenters. The Morgan fingerprint density at radius 2 is 1.85 bits per heavy atom. The van der Waals surface area contributed by atoms with E-state index in [9.17, 15) is 9.59 Å². The van der Waals surface area contributed by atoms with Crippen molar-refractivity contribution < 1.29 is 9.59 Å². The second-order valence-corrected chi connectivity index (χ2v) is 5.52. The molecule has 1 aromatic carbocycles. The van der Waals surface area contributed by atoms with Crippen molar-refractivity contribution in [2.75, 3.05) is 12.3 Å². The molecule has 1 saturated carbocycles. The van der Waals surface area contributed by atoms with Gasteiger partial charge >= 0.3 is 0 Å². The lowest BCUT2D eigenvalue weighted by Crippen LogP contribution is -2.31. The minimum Gasteiger partial charge on any atom is -0.396 e. The maximum absolute atomic E-state index is 11.9. The van der Waals surface area contributed by atoms with Crippen LogP contribution in [0.3, 0.4) is 0 Å². The zero-order chi connectivity index (χ0) is 14.7. The molecule has 0 unspecified atom stereocenters. The molecule has 0 aromatic heterocycles. The SMILES string of the molecule is Nc1c(Cl)cc(C(=O)NCCC(=O)NC2CC2)cc1Cl. The number of hydrogen-bond acceptors (Lipinski definition) is 3. The zero-order valence-corrected chi connectivity index (χ0v) is 12.2. The van der Waals surface area contributed by atoms with Crippen molar-refractivity contribution in [1.29, 1.82) is 0 Å². The van der Waals surface area contributed by atoms with E-state index in [-0.39, 0.29) is 40.5 Å². The lowest BCUT2D eigenvalue weighted by atomic mass is 10.2. The molecule has 1 fully saturated rings. The van der Waals surface area contributed by atoms with Gasteiger partial charge in [-0.2, -0.15) is 0 Å². The van der Waals surface area contributed by atoms with Crippen LogP contribution in [-0.2, 0) is 4.79 Å². The standard InChI is InChI=1S/C13H15Cl2N3O2/c14-9-5-7(6-10(15)12(9)16)13(20)17-4-3-11(19)18-8-1-2-8/h5-6,8H,1-4,16H2,(H,17,20)(H,18,19). The smallest absolute Gasteiger partial charge is 0.251 e. The minimum absolute atomic E-state index is 0.0545. The summed E-state index contributed by atoms with van der Waals surface area (Å²) in [5, 5.41) is 5.94. The number of hydrogen-bond donors (Lipinski definition) is 3. The quantitative estimate of drug-likeness (QED) is 0.726. The monoisotopic (exact) mass is 315 g/mol. The first-order valence-electron chi connectivity index (χ1n) is 6.29. The van der Waals surface area contributed by atoms with E-state index in [4.69, 9.17) is 28.9 Å². The summed E-state index contributed by atoms with van der Waals surface area (Å²) in [5.41, 5.74) is 6.16. The highest BCUT2D eigenvalue weighted by Gasteiger charge is 2.22. The van der Waals surface area contributed by atoms with Gasteiger partial charge in [-0.15, -0.1) is 0 Å². The highest BCUT2D eigenvalue weighted by molar-refractivity contribution is 6.39. The van der Waals surface area contributed by atoms with Crippen LogP contribution >= 0.6 is 23.2 Å². The summed E-state index contributed by atoms with van der Waals surface area (Å²) >= 11 is 11.7. The van der Waals surface area contributed by atoms with E-state index in [2.05, 4.69) is 10.6 Å². The molecule has 0 spiro atoms. The van der Waals surface area contributed by atoms with E-state index in [1.165, 1.54) is 12.1 Å². The first-order chi connectivity index (χ1) is 9.47. The number of anilines is 1. The zero-order valence-electron chi connectivity index (χ0n) is 10.7. The molecule has 20 heavy (non-hydrogen) atoms. The van der Waals surface area contributed by atoms with Gasteiger partial charge in [0.1, 0.15) is 0 Å². The van der Waals surface area contributed by atoms with E-state index in [0.29, 0.717) is 11.6 Å². The molecule has 0 radical (unpaired) electrons. The van der Waals surface area contributed by atoms with E-state index >= 15 is 0 Å². The third kappa shape index (κ3) is 4.02. The van der Waals surface area contributed by atoms with Gasteiger partial charge in [-0.05, 0) is 25.0 Å². The average molecular weight is 316 g/mol. The first-order valence-corrected chi connectivity index (χ1v) is 7.05. The van der Waals surface area contributed by atoms with Crippen LogP contribution in [0.15, 0.2) is 12.1 Å². The van der Waals surface area contributed by atoms with Crippen molar-refractivity contribution in [1.82, 2.24) is 10.6 Å². The van der Waals surface area contributed by atoms with E-state index in [1.807, 2.05) is 0 Å². The highest BCUT2D eigenvalue weighted by atomic mass is 35.5. The summed E-state index contributed by atoms with van der Waals surface area (Å²) in [4.78, 5) is 23.3. The van der Waals surface area contributed by atoms with Crippen LogP contribution in [0.5, 0.6) is 0 Å². The van der Waals surface area contributed by atoms with Crippen molar-refractivity contribution in [2.45, 2.75) is 25.3 Å². The molecule has 1 aliphatic rings. The Morgan fingerprint density at radius 1 is 1.25 bits per heavy atom. The summed E-state index contributed by atoms with van der Waals surface area (Å²) in [5.74, 6) is -0.394. The Bertz CT molecular complexity index is 521. The Balaban J connectivity index is 1.83. The van der Waals surface area contributed by atoms with Gasteiger partial charge in [-0.25, -0.2) is 0 Å². The second kappa shape index (κ2) is 6.33. The molecule has 0 aliphatic heterocycles. The molecule has 0 heterocycles. The third-order valence-electron chi connectivity index (χ3n) is 2.92. The summed E-state index contributed by atoms with van der Waals surface area (Å²) in [6.07, 6.45) is 2.33. The van der Waals surface area contributed by atoms with Crippen molar-refractivity contribution in [3.8, 4) is 0 Å². The number of halogens is 2. The molecule has 2 rings (SSSR count). The van der Waals surface area contributed by atoms with Crippen LogP contribution in [-0.4, -0.2) is 24.4 Å². The first kappa shape index (κ1) is 14.9. The van der Waals surface area contributed by atoms with Crippen LogP contribution in [0, 0.1) is 0 Å². The van der Waals surface area contributed by atoms with Crippen LogP contribution < -0.4 is 16.4 Å². The van der Waals surface area contributed by atoms with Gasteiger partial charge in [0.15, 0.2) is 0 Å². The maximum Gasteiger partial charge on any atom is 0.251 e. The predicted octanol–water partition coefficient (Wildman–Crippen LogP) is 1.97. The van der Waals surface area contributed by atoms with Crippen molar-refractivity contribution in [2.24, 2.45) is 0 Å². The van der Waals surface area contributed by atoms with Crippen LogP contribution in [0.2, 0.25) is 10.0 Å². The van der Waals surface area contributed by atoms with Gasteiger partial charge in [0.2, 0.25) is 5.91 Å². The van der Waals surface area contributed by atoms with Crippen molar-refractivity contribution in [3.05, 3.63) is 27.7 Å². The number of amides is 2. The topological polar surface area (TPSA) is 84.2 Å². The summed E-state index contributed by atoms with van der Waals surface area (Å²) < 4.78 is 0. The van der Waals surface area contributed by atoms with E-state index in [1.54, 1.807) is 0 Å². The molecule has 0 bridgehead atoms. The Labute approximate surface area is 126 Å². The maximum atomic E-state index is 11.9. The minimum atomic E-state index is -0.340. The lowest BCUT2D eigenvalue weighted by molar-refractivity contribution is -0.121.